The van der Waals surface area contributed by atoms with Crippen LogP contribution in [0.4, 0.5) is 5.69 Å². The second-order valence-electron chi connectivity index (χ2n) is 4.71. The van der Waals surface area contributed by atoms with Gasteiger partial charge in [-0.25, -0.2) is 0 Å². The molecule has 0 heterocycles. The fraction of sp³-hybridized carbons (Fsp3) is 0.562. The Kier molecular flexibility index (Phi) is 7.73. The molecule has 0 aromatic heterocycles. The Morgan fingerprint density at radius 3 is 2.55 bits per heavy atom. The number of anilines is 1. The summed E-state index contributed by atoms with van der Waals surface area (Å²) in [5, 5.41) is 2.93. The third kappa shape index (κ3) is 5.61. The molecular formula is C16H26N2O2. The van der Waals surface area contributed by atoms with Crippen LogP contribution in [0, 0.1) is 0 Å². The molecule has 1 N–H and O–H groups in total. The molecule has 0 aliphatic heterocycles. The quantitative estimate of drug-likeness (QED) is 0.706. The summed E-state index contributed by atoms with van der Waals surface area (Å²) in [5.74, 6) is 0.745. The van der Waals surface area contributed by atoms with E-state index in [0.29, 0.717) is 13.2 Å². The smallest absolute Gasteiger partial charge is 0.238 e. The van der Waals surface area contributed by atoms with Gasteiger partial charge >= 0.3 is 0 Å². The van der Waals surface area contributed by atoms with Crippen LogP contribution in [0.25, 0.3) is 0 Å². The van der Waals surface area contributed by atoms with Gasteiger partial charge in [-0.05, 0) is 31.6 Å². The van der Waals surface area contributed by atoms with E-state index in [9.17, 15) is 4.79 Å². The van der Waals surface area contributed by atoms with Gasteiger partial charge in [0, 0.05) is 0 Å². The van der Waals surface area contributed by atoms with Crippen molar-refractivity contribution in [2.45, 2.75) is 33.6 Å². The van der Waals surface area contributed by atoms with Gasteiger partial charge in [-0.1, -0.05) is 39.3 Å². The van der Waals surface area contributed by atoms with Crippen molar-refractivity contribution in [3.05, 3.63) is 24.3 Å². The van der Waals surface area contributed by atoms with Gasteiger partial charge in [0.25, 0.3) is 0 Å². The molecule has 0 radical (unpaired) electrons. The summed E-state index contributed by atoms with van der Waals surface area (Å²) in [6.07, 6.45) is 2.11. The maximum Gasteiger partial charge on any atom is 0.238 e. The average Bonchev–Trinajstić information content (AvgIpc) is 2.46. The summed E-state index contributed by atoms with van der Waals surface area (Å²) < 4.78 is 5.71. The van der Waals surface area contributed by atoms with Crippen LogP contribution in [0.3, 0.4) is 0 Å². The van der Waals surface area contributed by atoms with Gasteiger partial charge in [0.05, 0.1) is 18.8 Å². The fourth-order valence-electron chi connectivity index (χ4n) is 1.86. The molecule has 1 aromatic carbocycles. The number of nitrogens with one attached hydrogen (secondary N) is 1. The molecule has 1 aromatic rings. The molecule has 0 spiro atoms. The number of rotatable bonds is 9. The van der Waals surface area contributed by atoms with Crippen LogP contribution < -0.4 is 10.1 Å². The van der Waals surface area contributed by atoms with Crippen molar-refractivity contribution in [3.8, 4) is 5.75 Å². The van der Waals surface area contributed by atoms with E-state index in [1.165, 1.54) is 0 Å². The molecule has 1 amide bonds. The first-order valence-electron chi connectivity index (χ1n) is 7.45. The topological polar surface area (TPSA) is 41.6 Å². The van der Waals surface area contributed by atoms with Gasteiger partial charge in [-0.15, -0.1) is 0 Å². The standard InChI is InChI=1S/C16H26N2O2/c1-4-7-12-20-15-11-9-8-10-14(15)17-16(19)13-18(5-2)6-3/h8-11H,4-7,12-13H2,1-3H3,(H,17,19). The first-order chi connectivity index (χ1) is 9.71. The fourth-order valence-corrected chi connectivity index (χ4v) is 1.86. The lowest BCUT2D eigenvalue weighted by atomic mass is 10.3. The zero-order chi connectivity index (χ0) is 14.8. The van der Waals surface area contributed by atoms with Crippen molar-refractivity contribution in [3.63, 3.8) is 0 Å². The lowest BCUT2D eigenvalue weighted by molar-refractivity contribution is -0.117. The number of nitrogens with zero attached hydrogens (tertiary/aromatic N) is 1. The highest BCUT2D eigenvalue weighted by atomic mass is 16.5. The van der Waals surface area contributed by atoms with Gasteiger partial charge in [-0.3, -0.25) is 9.69 Å². The van der Waals surface area contributed by atoms with E-state index in [1.54, 1.807) is 0 Å². The molecule has 112 valence electrons. The summed E-state index contributed by atoms with van der Waals surface area (Å²) in [6.45, 7) is 9.07. The molecule has 1 rings (SSSR count). The lowest BCUT2D eigenvalue weighted by Crippen LogP contribution is -2.33. The van der Waals surface area contributed by atoms with E-state index in [-0.39, 0.29) is 5.91 Å². The van der Waals surface area contributed by atoms with Crippen LogP contribution in [-0.2, 0) is 4.79 Å². The second-order valence-corrected chi connectivity index (χ2v) is 4.71. The number of carbonyl (C=O) groups is 1. The number of ether oxygens (including phenoxy) is 1. The first-order valence-corrected chi connectivity index (χ1v) is 7.45. The van der Waals surface area contributed by atoms with Gasteiger partial charge in [-0.2, -0.15) is 0 Å². The Bertz CT molecular complexity index is 403. The van der Waals surface area contributed by atoms with Crippen LogP contribution in [-0.4, -0.2) is 37.0 Å². The Labute approximate surface area is 122 Å². The SMILES string of the molecule is CCCCOc1ccccc1NC(=O)CN(CC)CC. The van der Waals surface area contributed by atoms with Gasteiger partial charge < -0.3 is 10.1 Å². The highest BCUT2D eigenvalue weighted by molar-refractivity contribution is 5.93. The molecule has 0 atom stereocenters. The number of carbonyl (C=O) groups excluding carboxylic acids is 1. The highest BCUT2D eigenvalue weighted by Crippen LogP contribution is 2.23. The second kappa shape index (κ2) is 9.37. The summed E-state index contributed by atoms with van der Waals surface area (Å²) in [6, 6.07) is 7.59. The van der Waals surface area contributed by atoms with Crippen molar-refractivity contribution in [2.24, 2.45) is 0 Å². The number of benzene rings is 1. The molecule has 0 saturated carbocycles. The van der Waals surface area contributed by atoms with Crippen molar-refractivity contribution >= 4 is 11.6 Å². The summed E-state index contributed by atoms with van der Waals surface area (Å²) >= 11 is 0. The number of hydrogen-bond donors (Lipinski definition) is 1. The number of unbranched alkanes of at least 4 members (excludes halogenated alkanes) is 1. The summed E-state index contributed by atoms with van der Waals surface area (Å²) in [7, 11) is 0. The summed E-state index contributed by atoms with van der Waals surface area (Å²) in [5.41, 5.74) is 0.751. The minimum atomic E-state index is 0.000224. The Morgan fingerprint density at radius 2 is 1.90 bits per heavy atom. The lowest BCUT2D eigenvalue weighted by Gasteiger charge is -2.18. The third-order valence-electron chi connectivity index (χ3n) is 3.18. The molecule has 0 saturated heterocycles. The number of hydrogen-bond acceptors (Lipinski definition) is 3. The molecular weight excluding hydrogens is 252 g/mol. The molecule has 0 aliphatic carbocycles. The molecule has 4 heteroatoms. The van der Waals surface area contributed by atoms with Crippen LogP contribution in [0.1, 0.15) is 33.6 Å². The molecule has 0 bridgehead atoms. The molecule has 20 heavy (non-hydrogen) atoms. The highest BCUT2D eigenvalue weighted by Gasteiger charge is 2.10. The van der Waals surface area contributed by atoms with Crippen LogP contribution in [0.15, 0.2) is 24.3 Å². The van der Waals surface area contributed by atoms with Crippen LogP contribution in [0.5, 0.6) is 5.75 Å². The van der Waals surface area contributed by atoms with Gasteiger partial charge in [0.15, 0.2) is 0 Å². The number of amides is 1. The van der Waals surface area contributed by atoms with Crippen molar-refractivity contribution in [2.75, 3.05) is 31.6 Å². The Balaban J connectivity index is 2.59. The maximum absolute atomic E-state index is 12.0. The predicted octanol–water partition coefficient (Wildman–Crippen LogP) is 3.15. The largest absolute Gasteiger partial charge is 0.491 e. The monoisotopic (exact) mass is 278 g/mol. The minimum absolute atomic E-state index is 0.000224. The van der Waals surface area contributed by atoms with E-state index < -0.39 is 0 Å². The summed E-state index contributed by atoms with van der Waals surface area (Å²) in [4.78, 5) is 14.1. The predicted molar refractivity (Wildman–Crippen MR) is 83.3 cm³/mol. The normalized spacial score (nSPS) is 10.6. The minimum Gasteiger partial charge on any atom is -0.491 e. The molecule has 0 aliphatic rings. The Morgan fingerprint density at radius 1 is 1.20 bits per heavy atom. The Hall–Kier alpha value is -1.55. The van der Waals surface area contributed by atoms with Crippen LogP contribution in [0.2, 0.25) is 0 Å². The maximum atomic E-state index is 12.0. The van der Waals surface area contributed by atoms with Crippen molar-refractivity contribution < 1.29 is 9.53 Å². The van der Waals surface area contributed by atoms with E-state index in [4.69, 9.17) is 4.74 Å². The zero-order valence-electron chi connectivity index (χ0n) is 12.8. The van der Waals surface area contributed by atoms with Gasteiger partial charge in [0.2, 0.25) is 5.91 Å². The first kappa shape index (κ1) is 16.5. The van der Waals surface area contributed by atoms with E-state index in [2.05, 4.69) is 31.0 Å². The molecule has 4 nitrogen and oxygen atoms in total. The molecule has 0 fully saturated rings. The molecule has 0 unspecified atom stereocenters. The average molecular weight is 278 g/mol. The van der Waals surface area contributed by atoms with E-state index in [0.717, 1.165) is 37.4 Å². The third-order valence-corrected chi connectivity index (χ3v) is 3.18. The van der Waals surface area contributed by atoms with E-state index in [1.807, 2.05) is 24.3 Å². The zero-order valence-corrected chi connectivity index (χ0v) is 12.8. The van der Waals surface area contributed by atoms with Crippen LogP contribution >= 0.6 is 0 Å². The van der Waals surface area contributed by atoms with E-state index >= 15 is 0 Å². The van der Waals surface area contributed by atoms with Gasteiger partial charge in [0.1, 0.15) is 5.75 Å². The number of likely N-dealkylation sites (N-methyl/N-ethyl adjacent to an activating group) is 1. The van der Waals surface area contributed by atoms with Crippen molar-refractivity contribution in [1.29, 1.82) is 0 Å². The van der Waals surface area contributed by atoms with Crippen molar-refractivity contribution in [1.82, 2.24) is 4.90 Å². The number of para-hydroxylation sites is 2.